The summed E-state index contributed by atoms with van der Waals surface area (Å²) in [5, 5.41) is 0. The van der Waals surface area contributed by atoms with Crippen molar-refractivity contribution in [3.63, 3.8) is 0 Å². The molecule has 0 aliphatic rings. The number of halogens is 3. The maximum Gasteiger partial charge on any atom is 0.416 e. The predicted molar refractivity (Wildman–Crippen MR) is 92.9 cm³/mol. The molecular weight excluding hydrogens is 345 g/mol. The number of rotatable bonds is 3. The maximum atomic E-state index is 13.2. The van der Waals surface area contributed by atoms with E-state index in [2.05, 4.69) is 15.0 Å². The molecule has 0 radical (unpaired) electrons. The minimum Gasteiger partial charge on any atom is -0.363 e. The Morgan fingerprint density at radius 1 is 1.04 bits per heavy atom. The Morgan fingerprint density at radius 3 is 2.42 bits per heavy atom. The highest BCUT2D eigenvalue weighted by molar-refractivity contribution is 5.70. The molecule has 1 N–H and O–H groups in total. The summed E-state index contributed by atoms with van der Waals surface area (Å²) in [7, 11) is 3.26. The monoisotopic (exact) mass is 360 g/mol. The normalized spacial score (nSPS) is 11.4. The van der Waals surface area contributed by atoms with Crippen LogP contribution in [0.25, 0.3) is 22.5 Å². The topological polar surface area (TPSA) is 61.9 Å². The number of nitrogens with zero attached hydrogens (tertiary/aromatic N) is 3. The number of aromatic nitrogens is 3. The van der Waals surface area contributed by atoms with Gasteiger partial charge in [-0.25, -0.2) is 14.8 Å². The van der Waals surface area contributed by atoms with Gasteiger partial charge in [0, 0.05) is 25.9 Å². The number of H-pyrrole nitrogens is 1. The van der Waals surface area contributed by atoms with Crippen molar-refractivity contribution in [2.45, 2.75) is 6.18 Å². The van der Waals surface area contributed by atoms with Crippen LogP contribution in [0.1, 0.15) is 5.56 Å². The lowest BCUT2D eigenvalue weighted by molar-refractivity contribution is -0.137. The molecule has 0 aliphatic heterocycles. The zero-order chi connectivity index (χ0) is 18.9. The lowest BCUT2D eigenvalue weighted by Gasteiger charge is -2.16. The molecule has 26 heavy (non-hydrogen) atoms. The van der Waals surface area contributed by atoms with Gasteiger partial charge < -0.3 is 9.88 Å². The number of aromatic amines is 1. The van der Waals surface area contributed by atoms with E-state index in [9.17, 15) is 18.0 Å². The van der Waals surface area contributed by atoms with Gasteiger partial charge in [-0.05, 0) is 29.8 Å². The van der Waals surface area contributed by atoms with Crippen LogP contribution in [-0.2, 0) is 6.18 Å². The first-order chi connectivity index (χ1) is 12.2. The average Bonchev–Trinajstić information content (AvgIpc) is 2.60. The second-order valence-corrected chi connectivity index (χ2v) is 5.86. The van der Waals surface area contributed by atoms with E-state index < -0.39 is 17.4 Å². The van der Waals surface area contributed by atoms with Crippen molar-refractivity contribution in [3.8, 4) is 22.5 Å². The van der Waals surface area contributed by atoms with E-state index in [-0.39, 0.29) is 11.5 Å². The largest absolute Gasteiger partial charge is 0.416 e. The molecule has 0 unspecified atom stereocenters. The SMILES string of the molecule is CN(C)c1cc(C(F)(F)F)cc(-c2cccc(-c3ccnc(=O)[nH]3)c2)n1. The first-order valence-electron chi connectivity index (χ1n) is 7.67. The number of hydrogen-bond acceptors (Lipinski definition) is 4. The number of benzene rings is 1. The number of hydrogen-bond donors (Lipinski definition) is 1. The second-order valence-electron chi connectivity index (χ2n) is 5.86. The first kappa shape index (κ1) is 17.7. The third-order valence-corrected chi connectivity index (χ3v) is 3.74. The van der Waals surface area contributed by atoms with Crippen molar-refractivity contribution < 1.29 is 13.2 Å². The van der Waals surface area contributed by atoms with Crippen LogP contribution in [0.4, 0.5) is 19.0 Å². The van der Waals surface area contributed by atoms with E-state index in [1.54, 1.807) is 44.4 Å². The maximum absolute atomic E-state index is 13.2. The van der Waals surface area contributed by atoms with E-state index >= 15 is 0 Å². The van der Waals surface area contributed by atoms with E-state index in [0.717, 1.165) is 12.1 Å². The van der Waals surface area contributed by atoms with Gasteiger partial charge in [0.15, 0.2) is 0 Å². The number of alkyl halides is 3. The third-order valence-electron chi connectivity index (χ3n) is 3.74. The summed E-state index contributed by atoms with van der Waals surface area (Å²) >= 11 is 0. The quantitative estimate of drug-likeness (QED) is 0.776. The molecule has 8 heteroatoms. The number of pyridine rings is 1. The Balaban J connectivity index is 2.13. The van der Waals surface area contributed by atoms with Crippen molar-refractivity contribution in [2.75, 3.05) is 19.0 Å². The van der Waals surface area contributed by atoms with E-state index in [0.29, 0.717) is 16.8 Å². The molecule has 0 saturated heterocycles. The highest BCUT2D eigenvalue weighted by Crippen LogP contribution is 2.34. The highest BCUT2D eigenvalue weighted by Gasteiger charge is 2.32. The van der Waals surface area contributed by atoms with Gasteiger partial charge in [-0.3, -0.25) is 0 Å². The standard InChI is InChI=1S/C18H15F3N4O/c1-25(2)16-10-13(18(19,20)21)9-15(23-16)12-5-3-4-11(8-12)14-6-7-22-17(26)24-14/h3-10H,1-2H3,(H,22,24,26). The van der Waals surface area contributed by atoms with Crippen molar-refractivity contribution in [2.24, 2.45) is 0 Å². The van der Waals surface area contributed by atoms with Gasteiger partial charge in [-0.2, -0.15) is 13.2 Å². The number of anilines is 1. The Bertz CT molecular complexity index is 996. The zero-order valence-corrected chi connectivity index (χ0v) is 14.0. The van der Waals surface area contributed by atoms with Crippen LogP contribution in [0.2, 0.25) is 0 Å². The van der Waals surface area contributed by atoms with Gasteiger partial charge in [0.05, 0.1) is 17.0 Å². The molecule has 0 spiro atoms. The fourth-order valence-electron chi connectivity index (χ4n) is 2.44. The minimum absolute atomic E-state index is 0.196. The minimum atomic E-state index is -4.48. The van der Waals surface area contributed by atoms with Crippen LogP contribution < -0.4 is 10.6 Å². The van der Waals surface area contributed by atoms with Crippen LogP contribution >= 0.6 is 0 Å². The van der Waals surface area contributed by atoms with E-state index in [4.69, 9.17) is 0 Å². The molecule has 3 rings (SSSR count). The molecule has 0 bridgehead atoms. The van der Waals surface area contributed by atoms with Crippen molar-refractivity contribution in [1.29, 1.82) is 0 Å². The first-order valence-corrected chi connectivity index (χ1v) is 7.67. The molecule has 5 nitrogen and oxygen atoms in total. The predicted octanol–water partition coefficient (Wildman–Crippen LogP) is 3.58. The molecule has 1 aromatic carbocycles. The molecule has 0 aliphatic carbocycles. The second kappa shape index (κ2) is 6.62. The molecule has 0 atom stereocenters. The fraction of sp³-hybridized carbons (Fsp3) is 0.167. The fourth-order valence-corrected chi connectivity index (χ4v) is 2.44. The summed E-state index contributed by atoms with van der Waals surface area (Å²) in [6.45, 7) is 0. The van der Waals surface area contributed by atoms with E-state index in [1.165, 1.54) is 11.1 Å². The zero-order valence-electron chi connectivity index (χ0n) is 14.0. The van der Waals surface area contributed by atoms with Crippen LogP contribution in [0, 0.1) is 0 Å². The lowest BCUT2D eigenvalue weighted by Crippen LogP contribution is -2.14. The van der Waals surface area contributed by atoms with Crippen LogP contribution in [-0.4, -0.2) is 29.0 Å². The molecule has 3 aromatic rings. The van der Waals surface area contributed by atoms with E-state index in [1.807, 2.05) is 0 Å². The number of nitrogens with one attached hydrogen (secondary N) is 1. The van der Waals surface area contributed by atoms with Crippen LogP contribution in [0.3, 0.4) is 0 Å². The van der Waals surface area contributed by atoms with Gasteiger partial charge >= 0.3 is 11.9 Å². The molecule has 2 heterocycles. The average molecular weight is 360 g/mol. The van der Waals surface area contributed by atoms with Crippen LogP contribution in [0.15, 0.2) is 53.5 Å². The Kier molecular flexibility index (Phi) is 4.50. The lowest BCUT2D eigenvalue weighted by atomic mass is 10.0. The van der Waals surface area contributed by atoms with Crippen molar-refractivity contribution in [1.82, 2.24) is 15.0 Å². The summed E-state index contributed by atoms with van der Waals surface area (Å²) in [5.74, 6) is 0.206. The highest BCUT2D eigenvalue weighted by atomic mass is 19.4. The molecule has 134 valence electrons. The Morgan fingerprint density at radius 2 is 1.77 bits per heavy atom. The molecular formula is C18H15F3N4O. The van der Waals surface area contributed by atoms with Gasteiger partial charge in [0.2, 0.25) is 0 Å². The van der Waals surface area contributed by atoms with Crippen molar-refractivity contribution >= 4 is 5.82 Å². The molecule has 0 amide bonds. The molecule has 0 fully saturated rings. The molecule has 2 aromatic heterocycles. The third kappa shape index (κ3) is 3.74. The van der Waals surface area contributed by atoms with Crippen LogP contribution in [0.5, 0.6) is 0 Å². The summed E-state index contributed by atoms with van der Waals surface area (Å²) in [5.41, 5.74) is 0.601. The smallest absolute Gasteiger partial charge is 0.363 e. The van der Waals surface area contributed by atoms with Gasteiger partial charge in [0.25, 0.3) is 0 Å². The molecule has 0 saturated carbocycles. The summed E-state index contributed by atoms with van der Waals surface area (Å²) < 4.78 is 39.7. The summed E-state index contributed by atoms with van der Waals surface area (Å²) in [4.78, 5) is 23.4. The van der Waals surface area contributed by atoms with Gasteiger partial charge in [-0.1, -0.05) is 18.2 Å². The van der Waals surface area contributed by atoms with Gasteiger partial charge in [-0.15, -0.1) is 0 Å². The summed E-state index contributed by atoms with van der Waals surface area (Å²) in [6.07, 6.45) is -3.11. The van der Waals surface area contributed by atoms with Gasteiger partial charge in [0.1, 0.15) is 5.82 Å². The Labute approximate surface area is 147 Å². The Hall–Kier alpha value is -3.16. The van der Waals surface area contributed by atoms with Crippen molar-refractivity contribution in [3.05, 3.63) is 64.7 Å². The summed E-state index contributed by atoms with van der Waals surface area (Å²) in [6, 6.07) is 10.4.